The summed E-state index contributed by atoms with van der Waals surface area (Å²) in [6, 6.07) is 14.1. The zero-order valence-corrected chi connectivity index (χ0v) is 13.9. The van der Waals surface area contributed by atoms with Gasteiger partial charge >= 0.3 is 0 Å². The number of non-ortho nitro benzene ring substituents is 1. The van der Waals surface area contributed by atoms with Gasteiger partial charge in [-0.25, -0.2) is 0 Å². The minimum absolute atomic E-state index is 0.118. The summed E-state index contributed by atoms with van der Waals surface area (Å²) < 4.78 is 5.20. The maximum Gasteiger partial charge on any atom is 0.270 e. The fraction of sp³-hybridized carbons (Fsp3) is 0.278. The number of benzene rings is 2. The SMILES string of the molecule is COc1ccc([N+](=O)[O-])cc1C(=O)N1CCN(c2ccccc2)CC1. The maximum absolute atomic E-state index is 12.8. The zero-order chi connectivity index (χ0) is 17.8. The number of para-hydroxylation sites is 1. The molecular weight excluding hydrogens is 322 g/mol. The van der Waals surface area contributed by atoms with Crippen molar-refractivity contribution in [2.24, 2.45) is 0 Å². The molecule has 0 radical (unpaired) electrons. The standard InChI is InChI=1S/C18H19N3O4/c1-25-17-8-7-15(21(23)24)13-16(17)18(22)20-11-9-19(10-12-20)14-5-3-2-4-6-14/h2-8,13H,9-12H2,1H3. The van der Waals surface area contributed by atoms with Crippen molar-refractivity contribution in [1.82, 2.24) is 4.90 Å². The number of hydrogen-bond donors (Lipinski definition) is 0. The first kappa shape index (κ1) is 16.8. The number of nitro groups is 1. The van der Waals surface area contributed by atoms with E-state index >= 15 is 0 Å². The molecule has 7 nitrogen and oxygen atoms in total. The van der Waals surface area contributed by atoms with Crippen LogP contribution in [0.4, 0.5) is 11.4 Å². The Morgan fingerprint density at radius 1 is 1.08 bits per heavy atom. The molecule has 1 aliphatic rings. The summed E-state index contributed by atoms with van der Waals surface area (Å²) in [7, 11) is 1.45. The number of amides is 1. The Bertz CT molecular complexity index is 771. The molecule has 1 saturated heterocycles. The van der Waals surface area contributed by atoms with Gasteiger partial charge in [-0.15, -0.1) is 0 Å². The summed E-state index contributed by atoms with van der Waals surface area (Å²) >= 11 is 0. The van der Waals surface area contributed by atoms with E-state index in [1.54, 1.807) is 4.90 Å². The van der Waals surface area contributed by atoms with E-state index in [4.69, 9.17) is 4.74 Å². The van der Waals surface area contributed by atoms with Crippen molar-refractivity contribution in [2.75, 3.05) is 38.2 Å². The lowest BCUT2D eigenvalue weighted by molar-refractivity contribution is -0.384. The number of carbonyl (C=O) groups excluding carboxylic acids is 1. The average molecular weight is 341 g/mol. The van der Waals surface area contributed by atoms with Gasteiger partial charge in [-0.1, -0.05) is 18.2 Å². The summed E-state index contributed by atoms with van der Waals surface area (Å²) in [6.45, 7) is 2.54. The van der Waals surface area contributed by atoms with Gasteiger partial charge < -0.3 is 14.5 Å². The van der Waals surface area contributed by atoms with Gasteiger partial charge in [0.2, 0.25) is 0 Å². The first-order chi connectivity index (χ1) is 12.1. The lowest BCUT2D eigenvalue weighted by Crippen LogP contribution is -2.48. The molecular formula is C18H19N3O4. The summed E-state index contributed by atoms with van der Waals surface area (Å²) in [5, 5.41) is 11.0. The Labute approximate surface area is 145 Å². The van der Waals surface area contributed by atoms with Gasteiger partial charge in [0.25, 0.3) is 11.6 Å². The van der Waals surface area contributed by atoms with Gasteiger partial charge in [0, 0.05) is 44.0 Å². The third kappa shape index (κ3) is 3.55. The van der Waals surface area contributed by atoms with Crippen LogP contribution in [-0.2, 0) is 0 Å². The third-order valence-electron chi connectivity index (χ3n) is 4.31. The van der Waals surface area contributed by atoms with Crippen LogP contribution in [-0.4, -0.2) is 49.0 Å². The molecule has 1 aliphatic heterocycles. The van der Waals surface area contributed by atoms with E-state index < -0.39 is 4.92 Å². The number of piperazine rings is 1. The largest absolute Gasteiger partial charge is 0.496 e. The second-order valence-corrected chi connectivity index (χ2v) is 5.76. The van der Waals surface area contributed by atoms with Crippen LogP contribution >= 0.6 is 0 Å². The highest BCUT2D eigenvalue weighted by atomic mass is 16.6. The number of methoxy groups -OCH3 is 1. The molecule has 25 heavy (non-hydrogen) atoms. The van der Waals surface area contributed by atoms with Crippen LogP contribution in [0, 0.1) is 10.1 Å². The Balaban J connectivity index is 1.74. The molecule has 1 heterocycles. The molecule has 1 fully saturated rings. The molecule has 0 spiro atoms. The van der Waals surface area contributed by atoms with E-state index in [0.717, 1.165) is 5.69 Å². The van der Waals surface area contributed by atoms with Gasteiger partial charge in [-0.3, -0.25) is 14.9 Å². The van der Waals surface area contributed by atoms with Crippen LogP contribution in [0.15, 0.2) is 48.5 Å². The fourth-order valence-corrected chi connectivity index (χ4v) is 2.95. The zero-order valence-electron chi connectivity index (χ0n) is 13.9. The second kappa shape index (κ2) is 7.21. The van der Waals surface area contributed by atoms with Gasteiger partial charge in [-0.05, 0) is 18.2 Å². The average Bonchev–Trinajstić information content (AvgIpc) is 2.67. The monoisotopic (exact) mass is 341 g/mol. The van der Waals surface area contributed by atoms with Crippen LogP contribution in [0.25, 0.3) is 0 Å². The first-order valence-electron chi connectivity index (χ1n) is 8.02. The molecule has 130 valence electrons. The molecule has 0 N–H and O–H groups in total. The number of carbonyl (C=O) groups is 1. The van der Waals surface area contributed by atoms with Crippen molar-refractivity contribution in [1.29, 1.82) is 0 Å². The maximum atomic E-state index is 12.8. The molecule has 0 bridgehead atoms. The molecule has 3 rings (SSSR count). The molecule has 0 atom stereocenters. The lowest BCUT2D eigenvalue weighted by Gasteiger charge is -2.36. The van der Waals surface area contributed by atoms with Gasteiger partial charge in [0.1, 0.15) is 5.75 Å². The number of anilines is 1. The van der Waals surface area contributed by atoms with Crippen molar-refractivity contribution in [3.63, 3.8) is 0 Å². The van der Waals surface area contributed by atoms with Crippen molar-refractivity contribution in [3.8, 4) is 5.75 Å². The molecule has 7 heteroatoms. The van der Waals surface area contributed by atoms with Gasteiger partial charge in [0.15, 0.2) is 0 Å². The minimum Gasteiger partial charge on any atom is -0.496 e. The molecule has 0 aromatic heterocycles. The van der Waals surface area contributed by atoms with E-state index in [9.17, 15) is 14.9 Å². The van der Waals surface area contributed by atoms with Crippen molar-refractivity contribution >= 4 is 17.3 Å². The highest BCUT2D eigenvalue weighted by Gasteiger charge is 2.26. The van der Waals surface area contributed by atoms with Crippen molar-refractivity contribution in [2.45, 2.75) is 0 Å². The quantitative estimate of drug-likeness (QED) is 0.631. The number of nitrogens with zero attached hydrogens (tertiary/aromatic N) is 3. The van der Waals surface area contributed by atoms with E-state index in [1.165, 1.54) is 25.3 Å². The molecule has 1 amide bonds. The lowest BCUT2D eigenvalue weighted by atomic mass is 10.1. The van der Waals surface area contributed by atoms with Crippen molar-refractivity contribution in [3.05, 3.63) is 64.2 Å². The molecule has 2 aromatic rings. The molecule has 0 unspecified atom stereocenters. The number of nitro benzene ring substituents is 1. The van der Waals surface area contributed by atoms with Crippen LogP contribution in [0.5, 0.6) is 5.75 Å². The highest BCUT2D eigenvalue weighted by Crippen LogP contribution is 2.26. The van der Waals surface area contributed by atoms with Crippen molar-refractivity contribution < 1.29 is 14.5 Å². The third-order valence-corrected chi connectivity index (χ3v) is 4.31. The predicted octanol–water partition coefficient (Wildman–Crippen LogP) is 2.57. The summed E-state index contributed by atoms with van der Waals surface area (Å²) in [6.07, 6.45) is 0. The number of rotatable bonds is 4. The van der Waals surface area contributed by atoms with Crippen LogP contribution in [0.3, 0.4) is 0 Å². The molecule has 2 aromatic carbocycles. The topological polar surface area (TPSA) is 75.9 Å². The van der Waals surface area contributed by atoms with E-state index in [2.05, 4.69) is 4.90 Å². The Hall–Kier alpha value is -3.09. The van der Waals surface area contributed by atoms with E-state index in [-0.39, 0.29) is 17.2 Å². The van der Waals surface area contributed by atoms with E-state index in [1.807, 2.05) is 30.3 Å². The number of ether oxygens (including phenoxy) is 1. The second-order valence-electron chi connectivity index (χ2n) is 5.76. The fourth-order valence-electron chi connectivity index (χ4n) is 2.95. The van der Waals surface area contributed by atoms with Gasteiger partial charge in [-0.2, -0.15) is 0 Å². The Morgan fingerprint density at radius 2 is 1.76 bits per heavy atom. The summed E-state index contributed by atoms with van der Waals surface area (Å²) in [4.78, 5) is 27.2. The molecule has 0 saturated carbocycles. The van der Waals surface area contributed by atoms with Crippen LogP contribution < -0.4 is 9.64 Å². The Morgan fingerprint density at radius 3 is 2.36 bits per heavy atom. The van der Waals surface area contributed by atoms with Gasteiger partial charge in [0.05, 0.1) is 17.6 Å². The minimum atomic E-state index is -0.510. The molecule has 0 aliphatic carbocycles. The van der Waals surface area contributed by atoms with E-state index in [0.29, 0.717) is 31.9 Å². The number of hydrogen-bond acceptors (Lipinski definition) is 5. The smallest absolute Gasteiger partial charge is 0.270 e. The Kier molecular flexibility index (Phi) is 4.83. The normalized spacial score (nSPS) is 14.3. The van der Waals surface area contributed by atoms with Crippen LogP contribution in [0.2, 0.25) is 0 Å². The van der Waals surface area contributed by atoms with Crippen LogP contribution in [0.1, 0.15) is 10.4 Å². The predicted molar refractivity (Wildman–Crippen MR) is 94.2 cm³/mol. The highest BCUT2D eigenvalue weighted by molar-refractivity contribution is 5.97. The summed E-state index contributed by atoms with van der Waals surface area (Å²) in [5.74, 6) is 0.106. The summed E-state index contributed by atoms with van der Waals surface area (Å²) in [5.41, 5.74) is 1.24. The first-order valence-corrected chi connectivity index (χ1v) is 8.02.